The summed E-state index contributed by atoms with van der Waals surface area (Å²) < 4.78 is 10.8. The molecule has 0 unspecified atom stereocenters. The van der Waals surface area contributed by atoms with E-state index in [2.05, 4.69) is 15.6 Å². The van der Waals surface area contributed by atoms with Crippen LogP contribution in [0.25, 0.3) is 10.9 Å². The maximum absolute atomic E-state index is 14.0. The van der Waals surface area contributed by atoms with Gasteiger partial charge in [-0.25, -0.2) is 0 Å². The average Bonchev–Trinajstić information content (AvgIpc) is 3.69. The van der Waals surface area contributed by atoms with Gasteiger partial charge < -0.3 is 25.1 Å². The summed E-state index contributed by atoms with van der Waals surface area (Å²) in [6.45, 7) is 0. The lowest BCUT2D eigenvalue weighted by atomic mass is 9.90. The van der Waals surface area contributed by atoms with Gasteiger partial charge in [-0.3, -0.25) is 24.0 Å². The van der Waals surface area contributed by atoms with E-state index in [0.29, 0.717) is 40.9 Å². The van der Waals surface area contributed by atoms with Gasteiger partial charge in [0, 0.05) is 48.2 Å². The van der Waals surface area contributed by atoms with Crippen LogP contribution in [-0.4, -0.2) is 60.5 Å². The molecule has 2 aliphatic carbocycles. The van der Waals surface area contributed by atoms with Crippen LogP contribution in [0.4, 0.5) is 0 Å². The predicted molar refractivity (Wildman–Crippen MR) is 173 cm³/mol. The zero-order chi connectivity index (χ0) is 32.6. The molecule has 3 N–H and O–H groups in total. The third-order valence-electron chi connectivity index (χ3n) is 9.31. The van der Waals surface area contributed by atoms with E-state index in [9.17, 15) is 24.0 Å². The molecule has 244 valence electrons. The van der Waals surface area contributed by atoms with Crippen LogP contribution < -0.4 is 20.1 Å². The zero-order valence-corrected chi connectivity index (χ0v) is 26.6. The monoisotopic (exact) mass is 629 g/mol. The number of ether oxygens (including phenoxy) is 2. The zero-order valence-electron chi connectivity index (χ0n) is 26.6. The van der Waals surface area contributed by atoms with Crippen LogP contribution >= 0.6 is 0 Å². The molecule has 10 nitrogen and oxygen atoms in total. The quantitative estimate of drug-likeness (QED) is 0.170. The van der Waals surface area contributed by atoms with Gasteiger partial charge in [0.15, 0.2) is 5.78 Å². The summed E-state index contributed by atoms with van der Waals surface area (Å²) in [5, 5.41) is 6.38. The number of hydrogen-bond donors (Lipinski definition) is 3. The summed E-state index contributed by atoms with van der Waals surface area (Å²) >= 11 is 0. The van der Waals surface area contributed by atoms with Crippen LogP contribution in [0.5, 0.6) is 11.5 Å². The van der Waals surface area contributed by atoms with Crippen LogP contribution in [0.2, 0.25) is 0 Å². The van der Waals surface area contributed by atoms with E-state index < -0.39 is 35.5 Å². The summed E-state index contributed by atoms with van der Waals surface area (Å²) in [4.78, 5) is 70.0. The fourth-order valence-electron chi connectivity index (χ4n) is 6.71. The van der Waals surface area contributed by atoms with Crippen molar-refractivity contribution in [1.82, 2.24) is 15.6 Å². The number of methoxy groups -OCH3 is 2. The first-order valence-electron chi connectivity index (χ1n) is 16.2. The highest BCUT2D eigenvalue weighted by atomic mass is 16.5. The molecule has 2 amide bonds. The largest absolute Gasteiger partial charge is 0.497 e. The molecule has 3 aromatic rings. The molecule has 0 bridgehead atoms. The first-order valence-corrected chi connectivity index (χ1v) is 16.2. The second-order valence-electron chi connectivity index (χ2n) is 12.5. The minimum Gasteiger partial charge on any atom is -0.497 e. The van der Waals surface area contributed by atoms with Crippen molar-refractivity contribution in [1.29, 1.82) is 0 Å². The number of benzene rings is 2. The Bertz CT molecular complexity index is 1570. The number of carbonyl (C=O) groups is 5. The summed E-state index contributed by atoms with van der Waals surface area (Å²) in [6, 6.07) is 13.3. The van der Waals surface area contributed by atoms with E-state index in [1.165, 1.54) is 7.11 Å². The summed E-state index contributed by atoms with van der Waals surface area (Å²) in [5.74, 6) is -2.38. The normalized spacial score (nSPS) is 18.1. The van der Waals surface area contributed by atoms with Crippen LogP contribution in [0.3, 0.4) is 0 Å². The van der Waals surface area contributed by atoms with Crippen molar-refractivity contribution in [3.8, 4) is 11.5 Å². The van der Waals surface area contributed by atoms with Gasteiger partial charge >= 0.3 is 0 Å². The van der Waals surface area contributed by atoms with Crippen molar-refractivity contribution in [2.24, 2.45) is 11.8 Å². The lowest BCUT2D eigenvalue weighted by Gasteiger charge is -2.26. The maximum Gasteiger partial charge on any atom is 0.289 e. The Balaban J connectivity index is 1.37. The van der Waals surface area contributed by atoms with Crippen LogP contribution in [0.15, 0.2) is 48.5 Å². The second kappa shape index (κ2) is 15.2. The fraction of sp³-hybridized carbons (Fsp3) is 0.472. The minimum atomic E-state index is -1.17. The Morgan fingerprint density at radius 1 is 0.935 bits per heavy atom. The van der Waals surface area contributed by atoms with Gasteiger partial charge in [0.2, 0.25) is 11.7 Å². The number of fused-ring (bicyclic) bond motifs is 1. The molecule has 2 fully saturated rings. The van der Waals surface area contributed by atoms with Crippen LogP contribution in [0, 0.1) is 11.8 Å². The highest BCUT2D eigenvalue weighted by molar-refractivity contribution is 6.38. The molecule has 0 aliphatic heterocycles. The smallest absolute Gasteiger partial charge is 0.289 e. The van der Waals surface area contributed by atoms with Gasteiger partial charge in [-0.05, 0) is 50.2 Å². The van der Waals surface area contributed by atoms with E-state index >= 15 is 0 Å². The highest BCUT2D eigenvalue weighted by Crippen LogP contribution is 2.32. The first kappa shape index (κ1) is 32.9. The molecular formula is C36H43N3O7. The standard InChI is InChI=1S/C36H43N3O7/c1-45-26-19-28-27(33(20-26)46-2)21-29(38-28)32(41)18-24(16-22-10-5-3-6-11-22)35(43)39-30(17-23-12-9-15-31(23)40)34(42)36(44)37-25-13-7-4-8-14-25/h3,5-6,10-11,19-21,23-25,30,38H,4,7-9,12-18H2,1-2H3,(H,37,44)(H,39,43)/t23-,24+,30-/m0/s1. The van der Waals surface area contributed by atoms with E-state index in [1.54, 1.807) is 25.3 Å². The Kier molecular flexibility index (Phi) is 10.9. The van der Waals surface area contributed by atoms with E-state index in [-0.39, 0.29) is 36.9 Å². The van der Waals surface area contributed by atoms with Gasteiger partial charge in [-0.15, -0.1) is 0 Å². The summed E-state index contributed by atoms with van der Waals surface area (Å²) in [6.07, 6.45) is 6.63. The topological polar surface area (TPSA) is 144 Å². The van der Waals surface area contributed by atoms with Gasteiger partial charge in [-0.2, -0.15) is 0 Å². The molecule has 2 saturated carbocycles. The highest BCUT2D eigenvalue weighted by Gasteiger charge is 2.36. The third kappa shape index (κ3) is 8.02. The number of amides is 2. The molecule has 0 radical (unpaired) electrons. The van der Waals surface area contributed by atoms with Crippen LogP contribution in [-0.2, 0) is 25.6 Å². The number of H-pyrrole nitrogens is 1. The molecule has 46 heavy (non-hydrogen) atoms. The lowest BCUT2D eigenvalue weighted by molar-refractivity contribution is -0.141. The molecule has 0 saturated heterocycles. The Labute approximate surface area is 269 Å². The SMILES string of the molecule is COc1cc(OC)c2cc(C(=O)C[C@@H](Cc3ccccc3)C(=O)N[C@@H](C[C@@H]3CCCC3=O)C(=O)C(=O)NC3CCCCC3)[nH]c2c1. The second-order valence-corrected chi connectivity index (χ2v) is 12.5. The molecule has 1 aromatic heterocycles. The van der Waals surface area contributed by atoms with E-state index in [0.717, 1.165) is 44.1 Å². The number of carbonyl (C=O) groups excluding carboxylic acids is 5. The number of hydrogen-bond acceptors (Lipinski definition) is 7. The van der Waals surface area contributed by atoms with Crippen molar-refractivity contribution in [2.75, 3.05) is 14.2 Å². The number of Topliss-reactive ketones (excluding diaryl/α,β-unsaturated/α-hetero) is 3. The Hall–Kier alpha value is -4.47. The molecule has 2 aromatic carbocycles. The lowest BCUT2D eigenvalue weighted by Crippen LogP contribution is -2.52. The molecular weight excluding hydrogens is 586 g/mol. The van der Waals surface area contributed by atoms with Gasteiger partial charge in [0.1, 0.15) is 17.3 Å². The molecule has 1 heterocycles. The predicted octanol–water partition coefficient (Wildman–Crippen LogP) is 4.88. The minimum absolute atomic E-state index is 0.0432. The van der Waals surface area contributed by atoms with E-state index in [4.69, 9.17) is 9.47 Å². The average molecular weight is 630 g/mol. The van der Waals surface area contributed by atoms with Crippen molar-refractivity contribution >= 4 is 40.1 Å². The van der Waals surface area contributed by atoms with Crippen LogP contribution in [0.1, 0.15) is 80.3 Å². The number of aromatic nitrogens is 1. The number of nitrogens with one attached hydrogen (secondary N) is 3. The van der Waals surface area contributed by atoms with Gasteiger partial charge in [0.25, 0.3) is 5.91 Å². The van der Waals surface area contributed by atoms with Crippen molar-refractivity contribution in [2.45, 2.75) is 82.7 Å². The number of rotatable bonds is 14. The summed E-state index contributed by atoms with van der Waals surface area (Å²) in [5.41, 5.74) is 1.81. The first-order chi connectivity index (χ1) is 22.2. The molecule has 10 heteroatoms. The van der Waals surface area contributed by atoms with Crippen molar-refractivity contribution in [3.63, 3.8) is 0 Å². The molecule has 5 rings (SSSR count). The van der Waals surface area contributed by atoms with Gasteiger partial charge in [0.05, 0.1) is 31.5 Å². The van der Waals surface area contributed by atoms with Crippen molar-refractivity contribution in [3.05, 3.63) is 59.8 Å². The molecule has 0 spiro atoms. The fourth-order valence-corrected chi connectivity index (χ4v) is 6.71. The molecule has 2 aliphatic rings. The maximum atomic E-state index is 14.0. The van der Waals surface area contributed by atoms with E-state index in [1.807, 2.05) is 30.3 Å². The van der Waals surface area contributed by atoms with Crippen molar-refractivity contribution < 1.29 is 33.4 Å². The summed E-state index contributed by atoms with van der Waals surface area (Å²) in [7, 11) is 3.08. The van der Waals surface area contributed by atoms with Gasteiger partial charge in [-0.1, -0.05) is 49.6 Å². The molecule has 3 atom stereocenters. The Morgan fingerprint density at radius 3 is 2.37 bits per heavy atom. The third-order valence-corrected chi connectivity index (χ3v) is 9.31. The number of aromatic amines is 1. The Morgan fingerprint density at radius 2 is 1.70 bits per heavy atom. The number of ketones is 3.